The number of hydrogen-bond acceptors (Lipinski definition) is 4. The van der Waals surface area contributed by atoms with Crippen LogP contribution in [0.2, 0.25) is 0 Å². The molecule has 0 amide bonds. The van der Waals surface area contributed by atoms with Gasteiger partial charge < -0.3 is 14.8 Å². The van der Waals surface area contributed by atoms with Crippen LogP contribution < -0.4 is 5.32 Å². The van der Waals surface area contributed by atoms with Gasteiger partial charge in [0.05, 0.1) is 41.2 Å². The molecule has 0 saturated carbocycles. The van der Waals surface area contributed by atoms with Crippen molar-refractivity contribution in [2.75, 3.05) is 30.2 Å². The Hall–Kier alpha value is -1.08. The lowest BCUT2D eigenvalue weighted by atomic mass is 10.0. The second kappa shape index (κ2) is 9.04. The predicted octanol–water partition coefficient (Wildman–Crippen LogP) is 4.00. The predicted molar refractivity (Wildman–Crippen MR) is 94.5 cm³/mol. The third-order valence-corrected chi connectivity index (χ3v) is 3.73. The lowest BCUT2D eigenvalue weighted by Gasteiger charge is -2.15. The molecule has 1 aliphatic carbocycles. The summed E-state index contributed by atoms with van der Waals surface area (Å²) >= 11 is 2.20. The van der Waals surface area contributed by atoms with Crippen molar-refractivity contribution < 1.29 is 9.47 Å². The Morgan fingerprint density at radius 2 is 2.14 bits per heavy atom. The Labute approximate surface area is 139 Å². The first-order valence-corrected chi connectivity index (χ1v) is 8.66. The maximum absolute atomic E-state index is 5.75. The first kappa shape index (κ1) is 16.3. The summed E-state index contributed by atoms with van der Waals surface area (Å²) in [5.74, 6) is 1.06. The average molecular weight is 400 g/mol. The highest BCUT2D eigenvalue weighted by Gasteiger charge is 2.10. The van der Waals surface area contributed by atoms with Gasteiger partial charge in [-0.05, 0) is 30.2 Å². The minimum atomic E-state index is 0.723. The molecule has 2 rings (SSSR count). The quantitative estimate of drug-likeness (QED) is 0.407. The molecule has 4 nitrogen and oxygen atoms in total. The fourth-order valence-corrected chi connectivity index (χ4v) is 2.41. The number of alkyl halides is 1. The van der Waals surface area contributed by atoms with Crippen molar-refractivity contribution in [3.63, 3.8) is 0 Å². The zero-order valence-electron chi connectivity index (χ0n) is 12.3. The molecule has 0 saturated heterocycles. The fourth-order valence-electron chi connectivity index (χ4n) is 2.10. The van der Waals surface area contributed by atoms with Crippen LogP contribution in [0.3, 0.4) is 0 Å². The van der Waals surface area contributed by atoms with Crippen molar-refractivity contribution in [2.24, 2.45) is 0 Å². The highest BCUT2D eigenvalue weighted by molar-refractivity contribution is 14.1. The van der Waals surface area contributed by atoms with Crippen LogP contribution in [-0.4, -0.2) is 29.9 Å². The van der Waals surface area contributed by atoms with Crippen LogP contribution >= 0.6 is 22.6 Å². The first-order chi connectivity index (χ1) is 10.3. The Morgan fingerprint density at radius 1 is 1.24 bits per heavy atom. The van der Waals surface area contributed by atoms with Gasteiger partial charge in [0.15, 0.2) is 0 Å². The van der Waals surface area contributed by atoms with Crippen LogP contribution in [0.25, 0.3) is 5.57 Å². The third-order valence-electron chi connectivity index (χ3n) is 3.29. The van der Waals surface area contributed by atoms with E-state index >= 15 is 0 Å². The van der Waals surface area contributed by atoms with E-state index in [1.165, 1.54) is 5.57 Å². The number of pyridine rings is 1. The van der Waals surface area contributed by atoms with E-state index in [1.807, 2.05) is 19.3 Å². The first-order valence-electron chi connectivity index (χ1n) is 7.14. The minimum Gasteiger partial charge on any atom is -0.498 e. The Bertz CT molecular complexity index is 498. The number of halogens is 1. The summed E-state index contributed by atoms with van der Waals surface area (Å²) in [5.41, 5.74) is 3.33. The second-order valence-electron chi connectivity index (χ2n) is 4.73. The zero-order chi connectivity index (χ0) is 14.9. The lowest BCUT2D eigenvalue weighted by Crippen LogP contribution is -2.03. The number of hydrogen-bond donors (Lipinski definition) is 1. The molecule has 1 aliphatic rings. The van der Waals surface area contributed by atoms with E-state index in [1.54, 1.807) is 0 Å². The van der Waals surface area contributed by atoms with Gasteiger partial charge in [-0.2, -0.15) is 0 Å². The lowest BCUT2D eigenvalue weighted by molar-refractivity contribution is 0.137. The molecule has 0 fully saturated rings. The molecule has 0 radical (unpaired) electrons. The van der Waals surface area contributed by atoms with Crippen molar-refractivity contribution in [1.29, 1.82) is 0 Å². The summed E-state index contributed by atoms with van der Waals surface area (Å²) < 4.78 is 11.8. The van der Waals surface area contributed by atoms with E-state index in [4.69, 9.17) is 9.47 Å². The van der Waals surface area contributed by atoms with Gasteiger partial charge in [0.25, 0.3) is 0 Å². The molecule has 0 bridgehead atoms. The van der Waals surface area contributed by atoms with Gasteiger partial charge in [-0.3, -0.25) is 4.98 Å². The normalized spacial score (nSPS) is 14.4. The highest BCUT2D eigenvalue weighted by Crippen LogP contribution is 2.26. The molecule has 0 unspecified atom stereocenters. The number of rotatable bonds is 8. The fraction of sp³-hybridized carbons (Fsp3) is 0.438. The molecule has 0 aromatic carbocycles. The van der Waals surface area contributed by atoms with E-state index in [2.05, 4.69) is 51.1 Å². The molecule has 0 aliphatic heterocycles. The van der Waals surface area contributed by atoms with Crippen molar-refractivity contribution in [3.05, 3.63) is 41.9 Å². The van der Waals surface area contributed by atoms with Crippen molar-refractivity contribution in [3.8, 4) is 0 Å². The molecule has 21 heavy (non-hydrogen) atoms. The summed E-state index contributed by atoms with van der Waals surface area (Å²) in [6.07, 6.45) is 8.88. The van der Waals surface area contributed by atoms with Crippen molar-refractivity contribution in [2.45, 2.75) is 19.3 Å². The Balaban J connectivity index is 1.84. The largest absolute Gasteiger partial charge is 0.498 e. The number of anilines is 1. The number of nitrogens with one attached hydrogen (secondary N) is 1. The number of nitrogens with zero attached hydrogens (tertiary/aromatic N) is 1. The van der Waals surface area contributed by atoms with Crippen molar-refractivity contribution in [1.82, 2.24) is 4.98 Å². The standard InChI is InChI=1S/C16H21IN2O2/c1-18-14-5-8-16(19-11-14)13-3-6-15(7-4-13)21-10-2-9-20-12-17/h3,5-6,8,11,18H,2,4,7,9-10,12H2,1H3. The monoisotopic (exact) mass is 400 g/mol. The highest BCUT2D eigenvalue weighted by atomic mass is 127. The Morgan fingerprint density at radius 3 is 2.76 bits per heavy atom. The van der Waals surface area contributed by atoms with Crippen LogP contribution in [0, 0.1) is 0 Å². The van der Waals surface area contributed by atoms with E-state index in [9.17, 15) is 0 Å². The maximum atomic E-state index is 5.75. The molecule has 1 N–H and O–H groups in total. The number of ether oxygens (including phenoxy) is 2. The van der Waals surface area contributed by atoms with Gasteiger partial charge in [-0.15, -0.1) is 0 Å². The molecular weight excluding hydrogens is 379 g/mol. The molecule has 0 atom stereocenters. The molecule has 1 aromatic rings. The number of aromatic nitrogens is 1. The molecule has 114 valence electrons. The van der Waals surface area contributed by atoms with Crippen molar-refractivity contribution >= 4 is 33.9 Å². The summed E-state index contributed by atoms with van der Waals surface area (Å²) in [6.45, 7) is 1.49. The van der Waals surface area contributed by atoms with E-state index in [0.717, 1.165) is 54.2 Å². The van der Waals surface area contributed by atoms with Crippen LogP contribution in [-0.2, 0) is 9.47 Å². The molecule has 5 heteroatoms. The third kappa shape index (κ3) is 5.32. The molecule has 0 spiro atoms. The minimum absolute atomic E-state index is 0.723. The van der Waals surface area contributed by atoms with Gasteiger partial charge in [0.2, 0.25) is 0 Å². The van der Waals surface area contributed by atoms with E-state index in [0.29, 0.717) is 0 Å². The maximum Gasteiger partial charge on any atom is 0.0979 e. The topological polar surface area (TPSA) is 43.4 Å². The van der Waals surface area contributed by atoms with E-state index in [-0.39, 0.29) is 0 Å². The van der Waals surface area contributed by atoms with Gasteiger partial charge >= 0.3 is 0 Å². The SMILES string of the molecule is CNc1ccc(C2=CC=C(OCCCOCI)CC2)nc1. The zero-order valence-corrected chi connectivity index (χ0v) is 14.4. The summed E-state index contributed by atoms with van der Waals surface area (Å²) in [6, 6.07) is 4.10. The van der Waals surface area contributed by atoms with Crippen LogP contribution in [0.15, 0.2) is 36.2 Å². The molecular formula is C16H21IN2O2. The molecule has 1 aromatic heterocycles. The van der Waals surface area contributed by atoms with E-state index < -0.39 is 0 Å². The smallest absolute Gasteiger partial charge is 0.0979 e. The van der Waals surface area contributed by atoms with Gasteiger partial charge in [-0.1, -0.05) is 28.7 Å². The Kier molecular flexibility index (Phi) is 7.02. The second-order valence-corrected chi connectivity index (χ2v) is 5.35. The molecule has 1 heterocycles. The van der Waals surface area contributed by atoms with Gasteiger partial charge in [0, 0.05) is 19.9 Å². The average Bonchev–Trinajstić information content (AvgIpc) is 2.55. The van der Waals surface area contributed by atoms with Crippen LogP contribution in [0.5, 0.6) is 0 Å². The summed E-state index contributed by atoms with van der Waals surface area (Å²) in [4.78, 5) is 4.48. The summed E-state index contributed by atoms with van der Waals surface area (Å²) in [5, 5.41) is 3.08. The van der Waals surface area contributed by atoms with Gasteiger partial charge in [-0.25, -0.2) is 0 Å². The van der Waals surface area contributed by atoms with Crippen LogP contribution in [0.1, 0.15) is 25.0 Å². The summed E-state index contributed by atoms with van der Waals surface area (Å²) in [7, 11) is 1.90. The van der Waals surface area contributed by atoms with Gasteiger partial charge in [0.1, 0.15) is 0 Å². The number of allylic oxidation sites excluding steroid dienone is 4. The van der Waals surface area contributed by atoms with Crippen LogP contribution in [0.4, 0.5) is 5.69 Å².